The molecule has 3 nitrogen and oxygen atoms in total. The third-order valence-corrected chi connectivity index (χ3v) is 2.87. The van der Waals surface area contributed by atoms with Crippen molar-refractivity contribution in [3.63, 3.8) is 0 Å². The van der Waals surface area contributed by atoms with Crippen LogP contribution in [0.25, 0.3) is 6.08 Å². The van der Waals surface area contributed by atoms with E-state index in [2.05, 4.69) is 5.32 Å². The van der Waals surface area contributed by atoms with Crippen molar-refractivity contribution in [1.29, 1.82) is 0 Å². The largest absolute Gasteiger partial charge is 0.337 e. The monoisotopic (exact) mass is 242 g/mol. The molecule has 1 N–H and O–H groups in total. The minimum absolute atomic E-state index is 0.0919. The van der Waals surface area contributed by atoms with E-state index in [1.807, 2.05) is 47.4 Å². The summed E-state index contributed by atoms with van der Waals surface area (Å²) < 4.78 is 0. The third kappa shape index (κ3) is 3.86. The zero-order chi connectivity index (χ0) is 12.6. The van der Waals surface area contributed by atoms with Crippen LogP contribution in [-0.2, 0) is 4.79 Å². The molecule has 0 aromatic heterocycles. The zero-order valence-corrected chi connectivity index (χ0v) is 10.4. The Balaban J connectivity index is 1.83. The lowest BCUT2D eigenvalue weighted by molar-refractivity contribution is -0.126. The molecule has 1 fully saturated rings. The normalized spacial score (nSPS) is 16.6. The SMILES string of the molecule is O=C(C=CC=Cc1ccccc1)N1CCNCC1. The first kappa shape index (κ1) is 12.6. The number of amides is 1. The van der Waals surface area contributed by atoms with Crippen LogP contribution in [0.1, 0.15) is 5.56 Å². The van der Waals surface area contributed by atoms with Crippen molar-refractivity contribution in [3.8, 4) is 0 Å². The van der Waals surface area contributed by atoms with Crippen molar-refractivity contribution in [2.24, 2.45) is 0 Å². The van der Waals surface area contributed by atoms with Crippen LogP contribution in [0.3, 0.4) is 0 Å². The zero-order valence-electron chi connectivity index (χ0n) is 10.4. The van der Waals surface area contributed by atoms with Gasteiger partial charge in [-0.2, -0.15) is 0 Å². The van der Waals surface area contributed by atoms with Crippen molar-refractivity contribution in [1.82, 2.24) is 10.2 Å². The maximum Gasteiger partial charge on any atom is 0.246 e. The molecule has 0 unspecified atom stereocenters. The van der Waals surface area contributed by atoms with Crippen LogP contribution in [0.4, 0.5) is 0 Å². The summed E-state index contributed by atoms with van der Waals surface area (Å²) in [6, 6.07) is 10.0. The number of carbonyl (C=O) groups is 1. The summed E-state index contributed by atoms with van der Waals surface area (Å²) in [5, 5.41) is 3.23. The minimum atomic E-state index is 0.0919. The number of nitrogens with one attached hydrogen (secondary N) is 1. The molecular weight excluding hydrogens is 224 g/mol. The van der Waals surface area contributed by atoms with Gasteiger partial charge in [-0.15, -0.1) is 0 Å². The summed E-state index contributed by atoms with van der Waals surface area (Å²) in [5.41, 5.74) is 1.14. The van der Waals surface area contributed by atoms with Crippen molar-refractivity contribution < 1.29 is 4.79 Å². The van der Waals surface area contributed by atoms with Gasteiger partial charge in [0.1, 0.15) is 0 Å². The van der Waals surface area contributed by atoms with Gasteiger partial charge in [0.15, 0.2) is 0 Å². The standard InChI is InChI=1S/C15H18N2O/c18-15(17-12-10-16-11-13-17)9-5-4-8-14-6-2-1-3-7-14/h1-9,16H,10-13H2. The predicted molar refractivity (Wildman–Crippen MR) is 74.1 cm³/mol. The number of piperazine rings is 1. The van der Waals surface area contributed by atoms with Crippen LogP contribution < -0.4 is 5.32 Å². The van der Waals surface area contributed by atoms with Gasteiger partial charge in [-0.3, -0.25) is 4.79 Å². The van der Waals surface area contributed by atoms with Crippen LogP contribution in [0.2, 0.25) is 0 Å². The van der Waals surface area contributed by atoms with E-state index in [-0.39, 0.29) is 5.91 Å². The summed E-state index contributed by atoms with van der Waals surface area (Å²) >= 11 is 0. The molecule has 0 atom stereocenters. The van der Waals surface area contributed by atoms with Gasteiger partial charge in [-0.05, 0) is 5.56 Å². The Bertz CT molecular complexity index is 431. The van der Waals surface area contributed by atoms with Crippen LogP contribution in [0.5, 0.6) is 0 Å². The highest BCUT2D eigenvalue weighted by Crippen LogP contribution is 2.01. The molecule has 1 aliphatic rings. The second-order valence-electron chi connectivity index (χ2n) is 4.20. The Kier molecular flexibility index (Phi) is 4.73. The molecule has 0 spiro atoms. The summed E-state index contributed by atoms with van der Waals surface area (Å²) in [6.07, 6.45) is 7.32. The fourth-order valence-corrected chi connectivity index (χ4v) is 1.86. The molecule has 1 aliphatic heterocycles. The molecule has 1 aromatic rings. The predicted octanol–water partition coefficient (Wildman–Crippen LogP) is 1.69. The second-order valence-corrected chi connectivity index (χ2v) is 4.20. The lowest BCUT2D eigenvalue weighted by atomic mass is 10.2. The van der Waals surface area contributed by atoms with Gasteiger partial charge in [0.25, 0.3) is 0 Å². The lowest BCUT2D eigenvalue weighted by Crippen LogP contribution is -2.45. The fourth-order valence-electron chi connectivity index (χ4n) is 1.86. The maximum absolute atomic E-state index is 11.8. The molecule has 0 radical (unpaired) electrons. The molecule has 3 heteroatoms. The first-order chi connectivity index (χ1) is 8.86. The van der Waals surface area contributed by atoms with E-state index in [4.69, 9.17) is 0 Å². The molecule has 0 bridgehead atoms. The van der Waals surface area contributed by atoms with Crippen molar-refractivity contribution in [2.45, 2.75) is 0 Å². The molecule has 94 valence electrons. The highest BCUT2D eigenvalue weighted by Gasteiger charge is 2.12. The third-order valence-electron chi connectivity index (χ3n) is 2.87. The summed E-state index contributed by atoms with van der Waals surface area (Å²) in [5.74, 6) is 0.0919. The van der Waals surface area contributed by atoms with E-state index in [0.29, 0.717) is 0 Å². The minimum Gasteiger partial charge on any atom is -0.337 e. The average Bonchev–Trinajstić information content (AvgIpc) is 2.45. The topological polar surface area (TPSA) is 32.3 Å². The van der Waals surface area contributed by atoms with Gasteiger partial charge in [-0.25, -0.2) is 0 Å². The van der Waals surface area contributed by atoms with E-state index < -0.39 is 0 Å². The summed E-state index contributed by atoms with van der Waals surface area (Å²) in [4.78, 5) is 13.7. The van der Waals surface area contributed by atoms with Gasteiger partial charge in [-0.1, -0.05) is 48.6 Å². The molecule has 2 rings (SSSR count). The van der Waals surface area contributed by atoms with Crippen molar-refractivity contribution in [2.75, 3.05) is 26.2 Å². The highest BCUT2D eigenvalue weighted by atomic mass is 16.2. The number of hydrogen-bond acceptors (Lipinski definition) is 2. The number of nitrogens with zero attached hydrogens (tertiary/aromatic N) is 1. The Morgan fingerprint density at radius 2 is 1.83 bits per heavy atom. The summed E-state index contributed by atoms with van der Waals surface area (Å²) in [6.45, 7) is 3.37. The molecule has 18 heavy (non-hydrogen) atoms. The average molecular weight is 242 g/mol. The molecule has 1 heterocycles. The number of rotatable bonds is 3. The van der Waals surface area contributed by atoms with Gasteiger partial charge in [0, 0.05) is 32.3 Å². The Hall–Kier alpha value is -1.87. The van der Waals surface area contributed by atoms with E-state index >= 15 is 0 Å². The molecule has 0 saturated carbocycles. The first-order valence-electron chi connectivity index (χ1n) is 6.26. The second kappa shape index (κ2) is 6.77. The van der Waals surface area contributed by atoms with Crippen LogP contribution in [0.15, 0.2) is 48.6 Å². The first-order valence-corrected chi connectivity index (χ1v) is 6.26. The van der Waals surface area contributed by atoms with Crippen LogP contribution in [-0.4, -0.2) is 37.0 Å². The summed E-state index contributed by atoms with van der Waals surface area (Å²) in [7, 11) is 0. The van der Waals surface area contributed by atoms with Crippen molar-refractivity contribution >= 4 is 12.0 Å². The van der Waals surface area contributed by atoms with E-state index in [0.717, 1.165) is 31.7 Å². The molecule has 1 aromatic carbocycles. The lowest BCUT2D eigenvalue weighted by Gasteiger charge is -2.26. The van der Waals surface area contributed by atoms with Crippen LogP contribution >= 0.6 is 0 Å². The van der Waals surface area contributed by atoms with Gasteiger partial charge in [0.05, 0.1) is 0 Å². The van der Waals surface area contributed by atoms with Crippen LogP contribution in [0, 0.1) is 0 Å². The Morgan fingerprint density at radius 3 is 2.56 bits per heavy atom. The molecule has 1 saturated heterocycles. The van der Waals surface area contributed by atoms with E-state index in [1.54, 1.807) is 12.2 Å². The van der Waals surface area contributed by atoms with E-state index in [9.17, 15) is 4.79 Å². The number of allylic oxidation sites excluding steroid dienone is 2. The molecular formula is C15H18N2O. The molecule has 1 amide bonds. The smallest absolute Gasteiger partial charge is 0.246 e. The number of hydrogen-bond donors (Lipinski definition) is 1. The van der Waals surface area contributed by atoms with Gasteiger partial charge >= 0.3 is 0 Å². The highest BCUT2D eigenvalue weighted by molar-refractivity contribution is 5.88. The molecule has 0 aliphatic carbocycles. The Labute approximate surface area is 108 Å². The van der Waals surface area contributed by atoms with Gasteiger partial charge < -0.3 is 10.2 Å². The fraction of sp³-hybridized carbons (Fsp3) is 0.267. The maximum atomic E-state index is 11.8. The van der Waals surface area contributed by atoms with Crippen molar-refractivity contribution in [3.05, 3.63) is 54.1 Å². The number of carbonyl (C=O) groups excluding carboxylic acids is 1. The van der Waals surface area contributed by atoms with E-state index in [1.165, 1.54) is 0 Å². The van der Waals surface area contributed by atoms with Gasteiger partial charge in [0.2, 0.25) is 5.91 Å². The Morgan fingerprint density at radius 1 is 1.11 bits per heavy atom. The quantitative estimate of drug-likeness (QED) is 0.646. The number of benzene rings is 1.